The third kappa shape index (κ3) is 5.92. The van der Waals surface area contributed by atoms with Crippen molar-refractivity contribution in [2.45, 2.75) is 6.42 Å². The first-order valence-electron chi connectivity index (χ1n) is 12.4. The molecule has 0 radical (unpaired) electrons. The maximum absolute atomic E-state index is 6.05. The standard InChI is InChI=1S/C27H32N6O4/c1-32-10-12-33(13-11-32)9-4-14-36-21-15-23-26(24(16-21)35-3)27(29-18-28-23)37-25-17-22(30-31-25)19-5-7-20(34-2)8-6-19/h5-8,15-18H,4,9-14H2,1-3H3,(H,30,31). The SMILES string of the molecule is COc1ccc(-c2cc(Oc3ncnc4cc(OCCCN5CCN(C)CC5)cc(OC)c34)n[nH]2)cc1. The van der Waals surface area contributed by atoms with Crippen LogP contribution in [0.4, 0.5) is 0 Å². The zero-order valence-corrected chi connectivity index (χ0v) is 21.4. The van der Waals surface area contributed by atoms with E-state index in [2.05, 4.69) is 37.0 Å². The molecule has 0 atom stereocenters. The third-order valence-corrected chi connectivity index (χ3v) is 6.50. The molecule has 5 rings (SSSR count). The number of aromatic amines is 1. The fraction of sp³-hybridized carbons (Fsp3) is 0.370. The van der Waals surface area contributed by atoms with Gasteiger partial charge in [-0.3, -0.25) is 5.10 Å². The van der Waals surface area contributed by atoms with E-state index in [1.54, 1.807) is 14.2 Å². The molecule has 1 aliphatic rings. The van der Waals surface area contributed by atoms with Crippen LogP contribution in [0.2, 0.25) is 0 Å². The van der Waals surface area contributed by atoms with Gasteiger partial charge in [-0.05, 0) is 43.3 Å². The molecule has 0 spiro atoms. The molecule has 4 aromatic rings. The molecule has 1 fully saturated rings. The summed E-state index contributed by atoms with van der Waals surface area (Å²) in [4.78, 5) is 13.6. The minimum atomic E-state index is 0.358. The van der Waals surface area contributed by atoms with Gasteiger partial charge in [0.15, 0.2) is 0 Å². The van der Waals surface area contributed by atoms with E-state index >= 15 is 0 Å². The van der Waals surface area contributed by atoms with E-state index in [9.17, 15) is 0 Å². The van der Waals surface area contributed by atoms with E-state index in [0.717, 1.165) is 56.2 Å². The van der Waals surface area contributed by atoms with Crippen LogP contribution in [0.1, 0.15) is 6.42 Å². The molecular formula is C27H32N6O4. The molecule has 37 heavy (non-hydrogen) atoms. The smallest absolute Gasteiger partial charge is 0.240 e. The summed E-state index contributed by atoms with van der Waals surface area (Å²) in [7, 11) is 5.42. The number of H-pyrrole nitrogens is 1. The largest absolute Gasteiger partial charge is 0.497 e. The maximum atomic E-state index is 6.05. The number of hydrogen-bond acceptors (Lipinski definition) is 9. The van der Waals surface area contributed by atoms with Gasteiger partial charge in [-0.25, -0.2) is 9.97 Å². The Morgan fingerprint density at radius 3 is 2.49 bits per heavy atom. The number of nitrogens with one attached hydrogen (secondary N) is 1. The van der Waals surface area contributed by atoms with Gasteiger partial charge in [0.1, 0.15) is 29.0 Å². The summed E-state index contributed by atoms with van der Waals surface area (Å²) >= 11 is 0. The molecule has 0 unspecified atom stereocenters. The average Bonchev–Trinajstić information content (AvgIpc) is 3.40. The number of likely N-dealkylation sites (N-methyl/N-ethyl adjacent to an activating group) is 1. The monoisotopic (exact) mass is 504 g/mol. The Morgan fingerprint density at radius 2 is 1.73 bits per heavy atom. The Kier molecular flexibility index (Phi) is 7.67. The fourth-order valence-corrected chi connectivity index (χ4v) is 4.35. The van der Waals surface area contributed by atoms with E-state index in [1.807, 2.05) is 42.5 Å². The van der Waals surface area contributed by atoms with Gasteiger partial charge in [-0.15, -0.1) is 5.10 Å². The molecule has 1 N–H and O–H groups in total. The Balaban J connectivity index is 1.27. The van der Waals surface area contributed by atoms with Crippen molar-refractivity contribution in [3.05, 3.63) is 48.8 Å². The lowest BCUT2D eigenvalue weighted by molar-refractivity contribution is 0.145. The summed E-state index contributed by atoms with van der Waals surface area (Å²) in [6.07, 6.45) is 2.42. The van der Waals surface area contributed by atoms with Gasteiger partial charge in [-0.1, -0.05) is 0 Å². The maximum Gasteiger partial charge on any atom is 0.240 e. The Hall–Kier alpha value is -3.89. The van der Waals surface area contributed by atoms with Gasteiger partial charge in [-0.2, -0.15) is 0 Å². The molecule has 0 bridgehead atoms. The second-order valence-corrected chi connectivity index (χ2v) is 9.00. The molecule has 0 saturated carbocycles. The lowest BCUT2D eigenvalue weighted by Crippen LogP contribution is -2.44. The van der Waals surface area contributed by atoms with Gasteiger partial charge in [0, 0.05) is 50.9 Å². The average molecular weight is 505 g/mol. The van der Waals surface area contributed by atoms with Crippen molar-refractivity contribution in [3.8, 4) is 40.3 Å². The van der Waals surface area contributed by atoms with E-state index in [4.69, 9.17) is 18.9 Å². The lowest BCUT2D eigenvalue weighted by Gasteiger charge is -2.32. The van der Waals surface area contributed by atoms with Crippen LogP contribution in [0.15, 0.2) is 48.8 Å². The number of nitrogens with zero attached hydrogens (tertiary/aromatic N) is 5. The summed E-state index contributed by atoms with van der Waals surface area (Å²) in [6, 6.07) is 13.2. The highest BCUT2D eigenvalue weighted by Gasteiger charge is 2.17. The highest BCUT2D eigenvalue weighted by molar-refractivity contribution is 5.91. The first-order chi connectivity index (χ1) is 18.1. The van der Waals surface area contributed by atoms with Crippen molar-refractivity contribution < 1.29 is 18.9 Å². The van der Waals surface area contributed by atoms with Crippen LogP contribution >= 0.6 is 0 Å². The number of methoxy groups -OCH3 is 2. The third-order valence-electron chi connectivity index (χ3n) is 6.50. The van der Waals surface area contributed by atoms with E-state index in [0.29, 0.717) is 40.8 Å². The highest BCUT2D eigenvalue weighted by Crippen LogP contribution is 2.37. The Morgan fingerprint density at radius 1 is 0.919 bits per heavy atom. The topological polar surface area (TPSA) is 97.9 Å². The van der Waals surface area contributed by atoms with Crippen molar-refractivity contribution in [1.29, 1.82) is 0 Å². The van der Waals surface area contributed by atoms with Crippen molar-refractivity contribution in [2.75, 3.05) is 60.6 Å². The lowest BCUT2D eigenvalue weighted by atomic mass is 10.1. The summed E-state index contributed by atoms with van der Waals surface area (Å²) in [6.45, 7) is 6.11. The normalized spacial score (nSPS) is 14.6. The Labute approximate surface area is 216 Å². The highest BCUT2D eigenvalue weighted by atomic mass is 16.5. The number of benzene rings is 2. The summed E-state index contributed by atoms with van der Waals surface area (Å²) < 4.78 is 23.0. The molecule has 1 aliphatic heterocycles. The van der Waals surface area contributed by atoms with Crippen LogP contribution in [0.25, 0.3) is 22.2 Å². The zero-order valence-electron chi connectivity index (χ0n) is 21.4. The van der Waals surface area contributed by atoms with Gasteiger partial charge < -0.3 is 28.7 Å². The summed E-state index contributed by atoms with van der Waals surface area (Å²) in [5, 5.41) is 7.95. The molecule has 10 nitrogen and oxygen atoms in total. The number of fused-ring (bicyclic) bond motifs is 1. The summed E-state index contributed by atoms with van der Waals surface area (Å²) in [5.41, 5.74) is 2.45. The quantitative estimate of drug-likeness (QED) is 0.323. The van der Waals surface area contributed by atoms with Crippen molar-refractivity contribution >= 4 is 10.9 Å². The Bertz CT molecular complexity index is 1320. The molecule has 2 aromatic heterocycles. The number of ether oxygens (including phenoxy) is 4. The molecule has 0 amide bonds. The van der Waals surface area contributed by atoms with Crippen LogP contribution in [0.3, 0.4) is 0 Å². The van der Waals surface area contributed by atoms with E-state index < -0.39 is 0 Å². The van der Waals surface area contributed by atoms with Gasteiger partial charge in [0.25, 0.3) is 0 Å². The predicted molar refractivity (Wildman–Crippen MR) is 141 cm³/mol. The minimum Gasteiger partial charge on any atom is -0.497 e. The minimum absolute atomic E-state index is 0.358. The first-order valence-corrected chi connectivity index (χ1v) is 12.4. The predicted octanol–water partition coefficient (Wildman–Crippen LogP) is 3.85. The second-order valence-electron chi connectivity index (χ2n) is 9.00. The number of piperazine rings is 1. The van der Waals surface area contributed by atoms with Crippen molar-refractivity contribution in [2.24, 2.45) is 0 Å². The number of rotatable bonds is 10. The van der Waals surface area contributed by atoms with Crippen molar-refractivity contribution in [1.82, 2.24) is 30.0 Å². The van der Waals surface area contributed by atoms with E-state index in [-0.39, 0.29) is 0 Å². The second kappa shape index (κ2) is 11.4. The fourth-order valence-electron chi connectivity index (χ4n) is 4.35. The van der Waals surface area contributed by atoms with Gasteiger partial charge in [0.2, 0.25) is 11.8 Å². The molecule has 1 saturated heterocycles. The van der Waals surface area contributed by atoms with E-state index in [1.165, 1.54) is 6.33 Å². The van der Waals surface area contributed by atoms with Crippen LogP contribution in [0, 0.1) is 0 Å². The van der Waals surface area contributed by atoms with Crippen LogP contribution < -0.4 is 18.9 Å². The number of aromatic nitrogens is 4. The van der Waals surface area contributed by atoms with Crippen LogP contribution in [0.5, 0.6) is 29.0 Å². The molecular weight excluding hydrogens is 472 g/mol. The summed E-state index contributed by atoms with van der Waals surface area (Å²) in [5.74, 6) is 2.81. The molecule has 10 heteroatoms. The number of hydrogen-bond donors (Lipinski definition) is 1. The first kappa shape index (κ1) is 24.8. The van der Waals surface area contributed by atoms with Crippen molar-refractivity contribution in [3.63, 3.8) is 0 Å². The van der Waals surface area contributed by atoms with Gasteiger partial charge >= 0.3 is 0 Å². The molecule has 194 valence electrons. The molecule has 3 heterocycles. The van der Waals surface area contributed by atoms with Crippen LogP contribution in [-0.4, -0.2) is 90.6 Å². The molecule has 2 aromatic carbocycles. The zero-order chi connectivity index (χ0) is 25.6. The molecule has 0 aliphatic carbocycles. The van der Waals surface area contributed by atoms with Crippen LogP contribution in [-0.2, 0) is 0 Å². The van der Waals surface area contributed by atoms with Gasteiger partial charge in [0.05, 0.1) is 32.0 Å².